The molecular weight excluding hydrogens is 253 g/mol. The summed E-state index contributed by atoms with van der Waals surface area (Å²) in [7, 11) is 0. The highest BCUT2D eigenvalue weighted by Gasteiger charge is 2.26. The fourth-order valence-electron chi connectivity index (χ4n) is 1.19. The molecule has 0 saturated carbocycles. The molecule has 0 aliphatic rings. The first-order chi connectivity index (χ1) is 6.97. The van der Waals surface area contributed by atoms with Gasteiger partial charge in [-0.2, -0.15) is 5.26 Å². The summed E-state index contributed by atoms with van der Waals surface area (Å²) in [6.07, 6.45) is 0. The molecule has 0 amide bonds. The molecule has 0 aliphatic heterocycles. The van der Waals surface area contributed by atoms with Crippen LogP contribution in [0, 0.1) is 23.2 Å². The Kier molecular flexibility index (Phi) is 4.15. The number of carbonyl (C=O) groups excluding carboxylic acids is 1. The first kappa shape index (κ1) is 12.5. The molecule has 0 N–H and O–H groups in total. The fraction of sp³-hybridized carbons (Fsp3) is 0.400. The predicted molar refractivity (Wildman–Crippen MR) is 62.6 cm³/mol. The third-order valence-corrected chi connectivity index (χ3v) is 3.50. The predicted octanol–water partition coefficient (Wildman–Crippen LogP) is 4.03. The second-order valence-electron chi connectivity index (χ2n) is 3.45. The van der Waals surface area contributed by atoms with Gasteiger partial charge in [0.2, 0.25) is 0 Å². The Morgan fingerprint density at radius 3 is 2.47 bits per heavy atom. The quantitative estimate of drug-likeness (QED) is 0.771. The molecular formula is C10H9Cl2NOS. The first-order valence-corrected chi connectivity index (χ1v) is 5.93. The molecule has 0 radical (unpaired) electrons. The van der Waals surface area contributed by atoms with Gasteiger partial charge < -0.3 is 0 Å². The minimum Gasteiger partial charge on any atom is -0.293 e. The Morgan fingerprint density at radius 1 is 1.53 bits per heavy atom. The van der Waals surface area contributed by atoms with Crippen LogP contribution in [-0.2, 0) is 0 Å². The highest BCUT2D eigenvalue weighted by molar-refractivity contribution is 7.20. The van der Waals surface area contributed by atoms with Crippen LogP contribution in [0.25, 0.3) is 0 Å². The molecule has 5 heteroatoms. The topological polar surface area (TPSA) is 40.9 Å². The smallest absolute Gasteiger partial charge is 0.182 e. The van der Waals surface area contributed by atoms with Gasteiger partial charge in [-0.15, -0.1) is 11.3 Å². The van der Waals surface area contributed by atoms with E-state index in [1.807, 2.05) is 19.9 Å². The number of rotatable bonds is 3. The summed E-state index contributed by atoms with van der Waals surface area (Å²) in [4.78, 5) is 11.9. The molecule has 0 saturated heterocycles. The van der Waals surface area contributed by atoms with Crippen molar-refractivity contribution in [3.05, 3.63) is 20.3 Å². The third-order valence-electron chi connectivity index (χ3n) is 2.01. The van der Waals surface area contributed by atoms with Crippen molar-refractivity contribution >= 4 is 40.3 Å². The minimum atomic E-state index is -0.659. The lowest BCUT2D eigenvalue weighted by Crippen LogP contribution is -2.18. The van der Waals surface area contributed by atoms with Gasteiger partial charge in [0.1, 0.15) is 10.3 Å². The van der Waals surface area contributed by atoms with Crippen molar-refractivity contribution in [3.8, 4) is 6.07 Å². The molecule has 15 heavy (non-hydrogen) atoms. The number of hydrogen-bond acceptors (Lipinski definition) is 3. The zero-order valence-electron chi connectivity index (χ0n) is 8.25. The SMILES string of the molecule is CC(C)C(C#N)C(=O)c1cc(Cl)sc1Cl. The molecule has 0 spiro atoms. The maximum atomic E-state index is 11.9. The Morgan fingerprint density at radius 2 is 2.13 bits per heavy atom. The van der Waals surface area contributed by atoms with E-state index in [1.165, 1.54) is 6.07 Å². The molecule has 0 aliphatic carbocycles. The van der Waals surface area contributed by atoms with Crippen molar-refractivity contribution in [3.63, 3.8) is 0 Å². The Labute approximate surface area is 102 Å². The first-order valence-electron chi connectivity index (χ1n) is 4.36. The number of carbonyl (C=O) groups is 1. The molecule has 0 aromatic carbocycles. The minimum absolute atomic E-state index is 0.0303. The highest BCUT2D eigenvalue weighted by atomic mass is 35.5. The summed E-state index contributed by atoms with van der Waals surface area (Å²) in [6.45, 7) is 3.65. The molecule has 1 atom stereocenters. The van der Waals surface area contributed by atoms with E-state index in [0.717, 1.165) is 11.3 Å². The van der Waals surface area contributed by atoms with E-state index in [9.17, 15) is 4.79 Å². The van der Waals surface area contributed by atoms with Gasteiger partial charge >= 0.3 is 0 Å². The van der Waals surface area contributed by atoms with Crippen molar-refractivity contribution in [1.29, 1.82) is 5.26 Å². The molecule has 1 rings (SSSR count). The number of thiophene rings is 1. The summed E-state index contributed by atoms with van der Waals surface area (Å²) in [5.41, 5.74) is 0.354. The van der Waals surface area contributed by atoms with Gasteiger partial charge in [0.05, 0.1) is 16.0 Å². The number of Topliss-reactive ketones (excluding diaryl/α,β-unsaturated/α-hetero) is 1. The average Bonchev–Trinajstić information content (AvgIpc) is 2.45. The normalized spacial score (nSPS) is 12.5. The van der Waals surface area contributed by atoms with E-state index in [-0.39, 0.29) is 11.7 Å². The van der Waals surface area contributed by atoms with E-state index in [1.54, 1.807) is 0 Å². The van der Waals surface area contributed by atoms with Gasteiger partial charge in [0.25, 0.3) is 0 Å². The molecule has 0 fully saturated rings. The third kappa shape index (κ3) is 2.72. The lowest BCUT2D eigenvalue weighted by Gasteiger charge is -2.10. The van der Waals surface area contributed by atoms with Crippen LogP contribution in [0.3, 0.4) is 0 Å². The summed E-state index contributed by atoms with van der Waals surface area (Å²) < 4.78 is 0.815. The molecule has 0 bridgehead atoms. The zero-order valence-corrected chi connectivity index (χ0v) is 10.6. The molecule has 1 aromatic rings. The number of halogens is 2. The van der Waals surface area contributed by atoms with Gasteiger partial charge in [0.15, 0.2) is 5.78 Å². The van der Waals surface area contributed by atoms with Crippen molar-refractivity contribution in [2.45, 2.75) is 13.8 Å². The fourth-order valence-corrected chi connectivity index (χ4v) is 2.66. The standard InChI is InChI=1S/C10H9Cl2NOS/c1-5(2)7(4-13)9(14)6-3-8(11)15-10(6)12/h3,5,7H,1-2H3. The maximum absolute atomic E-state index is 11.9. The van der Waals surface area contributed by atoms with Crippen LogP contribution in [0.5, 0.6) is 0 Å². The maximum Gasteiger partial charge on any atom is 0.182 e. The second-order valence-corrected chi connectivity index (χ2v) is 5.74. The zero-order chi connectivity index (χ0) is 11.6. The largest absolute Gasteiger partial charge is 0.293 e. The van der Waals surface area contributed by atoms with Gasteiger partial charge in [-0.05, 0) is 12.0 Å². The highest BCUT2D eigenvalue weighted by Crippen LogP contribution is 2.33. The molecule has 1 aromatic heterocycles. The van der Waals surface area contributed by atoms with Crippen LogP contribution in [0.15, 0.2) is 6.07 Å². The van der Waals surface area contributed by atoms with Gasteiger partial charge in [-0.1, -0.05) is 37.0 Å². The van der Waals surface area contributed by atoms with Gasteiger partial charge in [0, 0.05) is 0 Å². The summed E-state index contributed by atoms with van der Waals surface area (Å²) in [5.74, 6) is -0.939. The lowest BCUT2D eigenvalue weighted by molar-refractivity contribution is 0.0925. The van der Waals surface area contributed by atoms with E-state index in [4.69, 9.17) is 28.5 Å². The molecule has 2 nitrogen and oxygen atoms in total. The van der Waals surface area contributed by atoms with Crippen LogP contribution in [-0.4, -0.2) is 5.78 Å². The Balaban J connectivity index is 3.04. The molecule has 1 unspecified atom stereocenters. The summed E-state index contributed by atoms with van der Waals surface area (Å²) in [5, 5.41) is 8.88. The number of nitriles is 1. The van der Waals surface area contributed by atoms with Crippen LogP contribution >= 0.6 is 34.5 Å². The Hall–Kier alpha value is -0.560. The number of ketones is 1. The van der Waals surface area contributed by atoms with Crippen molar-refractivity contribution in [2.24, 2.45) is 11.8 Å². The Bertz CT molecular complexity index is 420. The van der Waals surface area contributed by atoms with Crippen LogP contribution in [0.2, 0.25) is 8.67 Å². The second kappa shape index (κ2) is 4.98. The van der Waals surface area contributed by atoms with Crippen molar-refractivity contribution < 1.29 is 4.79 Å². The number of nitrogens with zero attached hydrogens (tertiary/aromatic N) is 1. The summed E-state index contributed by atoms with van der Waals surface area (Å²) >= 11 is 12.7. The summed E-state index contributed by atoms with van der Waals surface area (Å²) in [6, 6.07) is 3.51. The van der Waals surface area contributed by atoms with E-state index < -0.39 is 5.92 Å². The van der Waals surface area contributed by atoms with Crippen LogP contribution < -0.4 is 0 Å². The van der Waals surface area contributed by atoms with Crippen molar-refractivity contribution in [2.75, 3.05) is 0 Å². The monoisotopic (exact) mass is 261 g/mol. The van der Waals surface area contributed by atoms with Crippen LogP contribution in [0.1, 0.15) is 24.2 Å². The number of hydrogen-bond donors (Lipinski definition) is 0. The average molecular weight is 262 g/mol. The van der Waals surface area contributed by atoms with Crippen molar-refractivity contribution in [1.82, 2.24) is 0 Å². The lowest BCUT2D eigenvalue weighted by atomic mass is 9.90. The molecule has 1 heterocycles. The molecule has 80 valence electrons. The van der Waals surface area contributed by atoms with E-state index in [0.29, 0.717) is 14.2 Å². The van der Waals surface area contributed by atoms with Gasteiger partial charge in [-0.3, -0.25) is 4.79 Å². The van der Waals surface area contributed by atoms with Gasteiger partial charge in [-0.25, -0.2) is 0 Å². The van der Waals surface area contributed by atoms with E-state index >= 15 is 0 Å². The van der Waals surface area contributed by atoms with E-state index in [2.05, 4.69) is 0 Å². The van der Waals surface area contributed by atoms with Crippen LogP contribution in [0.4, 0.5) is 0 Å².